The summed E-state index contributed by atoms with van der Waals surface area (Å²) in [6, 6.07) is 7.34. The second-order valence-corrected chi connectivity index (χ2v) is 8.34. The molecule has 0 spiro atoms. The molecule has 1 unspecified atom stereocenters. The summed E-state index contributed by atoms with van der Waals surface area (Å²) in [5.74, 6) is -1.36. The van der Waals surface area contributed by atoms with Gasteiger partial charge in [0.05, 0.1) is 11.6 Å². The molecule has 36 heavy (non-hydrogen) atoms. The molecular weight excluding hydrogens is 464 g/mol. The van der Waals surface area contributed by atoms with Crippen molar-refractivity contribution in [2.75, 3.05) is 18.6 Å². The number of rotatable bonds is 7. The average molecular weight is 491 g/mol. The molecule has 1 aliphatic rings. The van der Waals surface area contributed by atoms with E-state index in [1.165, 1.54) is 18.0 Å². The number of aliphatic hydroxyl groups is 1. The van der Waals surface area contributed by atoms with Crippen LogP contribution in [0.1, 0.15) is 44.7 Å². The van der Waals surface area contributed by atoms with E-state index < -0.39 is 23.5 Å². The molecule has 1 aliphatic heterocycles. The number of amides is 2. The highest BCUT2D eigenvalue weighted by Gasteiger charge is 2.48. The molecule has 3 aromatic rings. The second-order valence-electron chi connectivity index (χ2n) is 8.34. The van der Waals surface area contributed by atoms with Crippen molar-refractivity contribution in [2.45, 2.75) is 26.8 Å². The van der Waals surface area contributed by atoms with E-state index in [2.05, 4.69) is 22.0 Å². The van der Waals surface area contributed by atoms with Crippen LogP contribution in [0.3, 0.4) is 0 Å². The summed E-state index contributed by atoms with van der Waals surface area (Å²) in [7, 11) is 1.49. The Morgan fingerprint density at radius 3 is 2.56 bits per heavy atom. The first-order chi connectivity index (χ1) is 17.2. The Morgan fingerprint density at radius 2 is 1.97 bits per heavy atom. The van der Waals surface area contributed by atoms with Crippen molar-refractivity contribution in [3.8, 4) is 5.75 Å². The maximum atomic E-state index is 13.3. The normalized spacial score (nSPS) is 16.9. The van der Waals surface area contributed by atoms with Crippen molar-refractivity contribution >= 4 is 29.2 Å². The van der Waals surface area contributed by atoms with Crippen molar-refractivity contribution in [1.82, 2.24) is 15.5 Å². The smallest absolute Gasteiger partial charge is 0.301 e. The van der Waals surface area contributed by atoms with E-state index in [-0.39, 0.29) is 28.6 Å². The van der Waals surface area contributed by atoms with Crippen LogP contribution in [-0.4, -0.2) is 46.5 Å². The fourth-order valence-electron chi connectivity index (χ4n) is 4.34. The molecule has 10 heteroatoms. The van der Waals surface area contributed by atoms with Crippen molar-refractivity contribution in [1.29, 1.82) is 0 Å². The minimum Gasteiger partial charge on any atom is -0.507 e. The number of hydrogen-bond donors (Lipinski definition) is 3. The summed E-state index contributed by atoms with van der Waals surface area (Å²) >= 11 is 0. The molecule has 10 nitrogen and oxygen atoms in total. The number of ketones is 1. The van der Waals surface area contributed by atoms with Crippen LogP contribution in [0.15, 0.2) is 53.1 Å². The third kappa shape index (κ3) is 4.06. The standard InChI is InChI=1S/C26H26N4O6/c1-6-11-35-17-9-7-16(8-10-17)22-20(24(32)26(34)30(22)18-12-13(2)36-29-18)23(31)19-14(3)21(25(33)27-5)28-15(19)4/h6-10,12,22,28,31H,1,11H2,2-5H3,(H,27,33)/b23-20+. The molecule has 3 N–H and O–H groups in total. The predicted molar refractivity (Wildman–Crippen MR) is 132 cm³/mol. The molecule has 186 valence electrons. The average Bonchev–Trinajstić information content (AvgIpc) is 3.50. The Bertz CT molecular complexity index is 1400. The first kappa shape index (κ1) is 24.5. The minimum absolute atomic E-state index is 0.130. The Balaban J connectivity index is 1.92. The zero-order valence-corrected chi connectivity index (χ0v) is 20.3. The summed E-state index contributed by atoms with van der Waals surface area (Å²) in [5, 5.41) is 17.9. The molecule has 0 radical (unpaired) electrons. The van der Waals surface area contributed by atoms with Crippen LogP contribution in [0.25, 0.3) is 5.76 Å². The minimum atomic E-state index is -1.000. The molecule has 3 heterocycles. The quantitative estimate of drug-likeness (QED) is 0.199. The molecular formula is C26H26N4O6. The number of H-pyrrole nitrogens is 1. The van der Waals surface area contributed by atoms with Gasteiger partial charge >= 0.3 is 5.91 Å². The Kier molecular flexibility index (Phi) is 6.52. The van der Waals surface area contributed by atoms with Crippen LogP contribution in [0.5, 0.6) is 5.75 Å². The molecule has 2 amide bonds. The van der Waals surface area contributed by atoms with E-state index in [1.807, 2.05) is 0 Å². The highest BCUT2D eigenvalue weighted by molar-refractivity contribution is 6.51. The number of benzene rings is 1. The van der Waals surface area contributed by atoms with Crippen molar-refractivity contribution in [3.63, 3.8) is 0 Å². The lowest BCUT2D eigenvalue weighted by atomic mass is 9.94. The highest BCUT2D eigenvalue weighted by Crippen LogP contribution is 2.43. The molecule has 1 aromatic carbocycles. The van der Waals surface area contributed by atoms with Gasteiger partial charge in [-0.25, -0.2) is 0 Å². The molecule has 4 rings (SSSR count). The number of carbonyl (C=O) groups is 3. The molecule has 0 aliphatic carbocycles. The van der Waals surface area contributed by atoms with E-state index in [9.17, 15) is 19.5 Å². The van der Waals surface area contributed by atoms with Crippen LogP contribution < -0.4 is 15.0 Å². The highest BCUT2D eigenvalue weighted by atomic mass is 16.5. The van der Waals surface area contributed by atoms with E-state index >= 15 is 0 Å². The number of anilines is 1. The zero-order chi connectivity index (χ0) is 26.1. The number of aromatic amines is 1. The maximum absolute atomic E-state index is 13.3. The molecule has 0 saturated carbocycles. The third-order valence-electron chi connectivity index (χ3n) is 6.00. The van der Waals surface area contributed by atoms with E-state index in [0.29, 0.717) is 34.9 Å². The first-order valence-electron chi connectivity index (χ1n) is 11.2. The van der Waals surface area contributed by atoms with Gasteiger partial charge in [-0.3, -0.25) is 19.3 Å². The Morgan fingerprint density at radius 1 is 1.28 bits per heavy atom. The molecule has 1 atom stereocenters. The number of Topliss-reactive ketones (excluding diaryl/α,β-unsaturated/α-hetero) is 1. The van der Waals surface area contributed by atoms with Crippen LogP contribution in [0.4, 0.5) is 5.82 Å². The number of carbonyl (C=O) groups excluding carboxylic acids is 3. The van der Waals surface area contributed by atoms with Crippen LogP contribution in [-0.2, 0) is 9.59 Å². The number of nitrogens with one attached hydrogen (secondary N) is 2. The summed E-state index contributed by atoms with van der Waals surface area (Å²) in [6.07, 6.45) is 1.62. The monoisotopic (exact) mass is 490 g/mol. The fraction of sp³-hybridized carbons (Fsp3) is 0.231. The molecule has 0 bridgehead atoms. The van der Waals surface area contributed by atoms with Gasteiger partial charge in [-0.2, -0.15) is 0 Å². The summed E-state index contributed by atoms with van der Waals surface area (Å²) < 4.78 is 10.7. The number of aryl methyl sites for hydroxylation is 2. The van der Waals surface area contributed by atoms with Gasteiger partial charge in [0.15, 0.2) is 5.82 Å². The summed E-state index contributed by atoms with van der Waals surface area (Å²) in [5.41, 5.74) is 1.85. The lowest BCUT2D eigenvalue weighted by molar-refractivity contribution is -0.132. The lowest BCUT2D eigenvalue weighted by Crippen LogP contribution is -2.29. The van der Waals surface area contributed by atoms with Crippen LogP contribution in [0, 0.1) is 20.8 Å². The maximum Gasteiger partial charge on any atom is 0.301 e. The lowest BCUT2D eigenvalue weighted by Gasteiger charge is -2.23. The van der Waals surface area contributed by atoms with Gasteiger partial charge in [-0.15, -0.1) is 0 Å². The third-order valence-corrected chi connectivity index (χ3v) is 6.00. The van der Waals surface area contributed by atoms with Crippen LogP contribution >= 0.6 is 0 Å². The van der Waals surface area contributed by atoms with Crippen LogP contribution in [0.2, 0.25) is 0 Å². The van der Waals surface area contributed by atoms with E-state index in [4.69, 9.17) is 9.26 Å². The van der Waals surface area contributed by atoms with Gasteiger partial charge in [0, 0.05) is 24.4 Å². The molecule has 1 fully saturated rings. The topological polar surface area (TPSA) is 138 Å². The van der Waals surface area contributed by atoms with Gasteiger partial charge in [-0.05, 0) is 44.0 Å². The number of aliphatic hydroxyl groups excluding tert-OH is 1. The van der Waals surface area contributed by atoms with Crippen molar-refractivity contribution < 1.29 is 28.8 Å². The number of hydrogen-bond acceptors (Lipinski definition) is 7. The van der Waals surface area contributed by atoms with Crippen molar-refractivity contribution in [3.05, 3.63) is 82.4 Å². The number of aromatic nitrogens is 2. The predicted octanol–water partition coefficient (Wildman–Crippen LogP) is 3.48. The number of nitrogens with zero attached hydrogens (tertiary/aromatic N) is 2. The summed E-state index contributed by atoms with van der Waals surface area (Å²) in [4.78, 5) is 43.0. The van der Waals surface area contributed by atoms with E-state index in [0.717, 1.165) is 0 Å². The van der Waals surface area contributed by atoms with E-state index in [1.54, 1.807) is 51.1 Å². The van der Waals surface area contributed by atoms with Gasteiger partial charge in [0.1, 0.15) is 29.6 Å². The Hall–Kier alpha value is -4.60. The largest absolute Gasteiger partial charge is 0.507 e. The SMILES string of the molecule is C=CCOc1ccc(C2/C(=C(\O)c3c(C)[nH]c(C(=O)NC)c3C)C(=O)C(=O)N2c2cc(C)on2)cc1. The van der Waals surface area contributed by atoms with Gasteiger partial charge < -0.3 is 24.7 Å². The number of ether oxygens (including phenoxy) is 1. The zero-order valence-electron chi connectivity index (χ0n) is 20.3. The summed E-state index contributed by atoms with van der Waals surface area (Å²) in [6.45, 7) is 8.93. The molecule has 1 saturated heterocycles. The second kappa shape index (κ2) is 9.57. The molecule has 2 aromatic heterocycles. The Labute approximate surface area is 207 Å². The van der Waals surface area contributed by atoms with Gasteiger partial charge in [0.2, 0.25) is 0 Å². The van der Waals surface area contributed by atoms with Gasteiger partial charge in [0.25, 0.3) is 11.7 Å². The first-order valence-corrected chi connectivity index (χ1v) is 11.2. The fourth-order valence-corrected chi connectivity index (χ4v) is 4.34. The van der Waals surface area contributed by atoms with Gasteiger partial charge in [-0.1, -0.05) is 29.9 Å². The van der Waals surface area contributed by atoms with Crippen molar-refractivity contribution in [2.24, 2.45) is 0 Å².